The van der Waals surface area contributed by atoms with Crippen LogP contribution < -0.4 is 0 Å². The predicted octanol–water partition coefficient (Wildman–Crippen LogP) is 3.66. The van der Waals surface area contributed by atoms with E-state index in [-0.39, 0.29) is 0 Å². The van der Waals surface area contributed by atoms with Gasteiger partial charge in [0.25, 0.3) is 0 Å². The first kappa shape index (κ1) is 11.5. The smallest absolute Gasteiger partial charge is 0.0536 e. The van der Waals surface area contributed by atoms with Gasteiger partial charge in [0.1, 0.15) is 0 Å². The Hall–Kier alpha value is -1.54. The zero-order valence-electron chi connectivity index (χ0n) is 11.2. The number of aromatic amines is 1. The largest absolute Gasteiger partial charge is 0.357 e. The van der Waals surface area contributed by atoms with Gasteiger partial charge in [-0.25, -0.2) is 0 Å². The summed E-state index contributed by atoms with van der Waals surface area (Å²) in [6.07, 6.45) is 2.18. The number of hydrogen-bond acceptors (Lipinski definition) is 1. The Balaban J connectivity index is 2.13. The van der Waals surface area contributed by atoms with Gasteiger partial charge in [0.05, 0.1) is 6.04 Å². The van der Waals surface area contributed by atoms with Gasteiger partial charge in [0.2, 0.25) is 0 Å². The first-order valence-corrected chi connectivity index (χ1v) is 6.61. The molecule has 1 aliphatic heterocycles. The third kappa shape index (κ3) is 1.77. The van der Waals surface area contributed by atoms with Crippen LogP contribution in [0.3, 0.4) is 0 Å². The summed E-state index contributed by atoms with van der Waals surface area (Å²) in [6.45, 7) is 7.32. The highest BCUT2D eigenvalue weighted by atomic mass is 15.1. The van der Waals surface area contributed by atoms with E-state index in [1.165, 1.54) is 27.7 Å². The van der Waals surface area contributed by atoms with Crippen LogP contribution in [0, 0.1) is 0 Å². The van der Waals surface area contributed by atoms with E-state index >= 15 is 0 Å². The second-order valence-electron chi connectivity index (χ2n) is 5.47. The van der Waals surface area contributed by atoms with E-state index in [9.17, 15) is 0 Å². The second-order valence-corrected chi connectivity index (χ2v) is 5.47. The van der Waals surface area contributed by atoms with Gasteiger partial charge in [0.15, 0.2) is 0 Å². The number of nitrogens with one attached hydrogen (secondary N) is 1. The van der Waals surface area contributed by atoms with E-state index in [1.807, 2.05) is 0 Å². The van der Waals surface area contributed by atoms with Gasteiger partial charge < -0.3 is 4.98 Å². The van der Waals surface area contributed by atoms with Crippen molar-refractivity contribution in [3.8, 4) is 0 Å². The van der Waals surface area contributed by atoms with Crippen LogP contribution in [-0.2, 0) is 6.42 Å². The zero-order chi connectivity index (χ0) is 12.7. The molecule has 0 fully saturated rings. The van der Waals surface area contributed by atoms with Crippen molar-refractivity contribution in [2.75, 3.05) is 13.6 Å². The van der Waals surface area contributed by atoms with E-state index in [0.29, 0.717) is 6.04 Å². The fourth-order valence-electron chi connectivity index (χ4n) is 3.03. The van der Waals surface area contributed by atoms with Gasteiger partial charge in [0, 0.05) is 23.1 Å². The monoisotopic (exact) mass is 240 g/mol. The second kappa shape index (κ2) is 4.29. The lowest BCUT2D eigenvalue weighted by Gasteiger charge is -2.33. The average molecular weight is 240 g/mol. The molecule has 0 saturated carbocycles. The van der Waals surface area contributed by atoms with Gasteiger partial charge in [-0.05, 0) is 38.4 Å². The molecule has 3 rings (SSSR count). The van der Waals surface area contributed by atoms with Gasteiger partial charge in [-0.3, -0.25) is 4.90 Å². The molecule has 94 valence electrons. The van der Waals surface area contributed by atoms with E-state index in [0.717, 1.165) is 19.4 Å². The van der Waals surface area contributed by atoms with Crippen LogP contribution in [0.4, 0.5) is 0 Å². The number of hydrogen-bond donors (Lipinski definition) is 1. The van der Waals surface area contributed by atoms with Crippen molar-refractivity contribution in [3.63, 3.8) is 0 Å². The summed E-state index contributed by atoms with van der Waals surface area (Å²) < 4.78 is 0. The van der Waals surface area contributed by atoms with E-state index in [2.05, 4.69) is 54.7 Å². The molecule has 1 atom stereocenters. The molecular formula is C16H20N2. The molecule has 18 heavy (non-hydrogen) atoms. The third-order valence-corrected chi connectivity index (χ3v) is 3.97. The number of fused-ring (bicyclic) bond motifs is 3. The number of nitrogens with zero attached hydrogens (tertiary/aromatic N) is 1. The Labute approximate surface area is 108 Å². The minimum Gasteiger partial charge on any atom is -0.357 e. The average Bonchev–Trinajstić information content (AvgIpc) is 2.71. The van der Waals surface area contributed by atoms with Crippen LogP contribution in [0.1, 0.15) is 30.6 Å². The molecule has 2 aromatic rings. The summed E-state index contributed by atoms with van der Waals surface area (Å²) in [4.78, 5) is 6.06. The Bertz CT molecular complexity index is 594. The molecule has 2 nitrogen and oxygen atoms in total. The quantitative estimate of drug-likeness (QED) is 0.794. The van der Waals surface area contributed by atoms with Crippen molar-refractivity contribution in [3.05, 3.63) is 47.7 Å². The van der Waals surface area contributed by atoms with Gasteiger partial charge in [-0.15, -0.1) is 6.58 Å². The molecular weight excluding hydrogens is 220 g/mol. The molecule has 0 bridgehead atoms. The van der Waals surface area contributed by atoms with Crippen molar-refractivity contribution >= 4 is 10.9 Å². The van der Waals surface area contributed by atoms with Crippen LogP contribution in [0.15, 0.2) is 36.4 Å². The van der Waals surface area contributed by atoms with Crippen molar-refractivity contribution in [1.82, 2.24) is 9.88 Å². The van der Waals surface area contributed by atoms with Crippen molar-refractivity contribution in [1.29, 1.82) is 0 Å². The summed E-state index contributed by atoms with van der Waals surface area (Å²) in [7, 11) is 2.21. The molecule has 2 heteroatoms. The summed E-state index contributed by atoms with van der Waals surface area (Å²) in [5.74, 6) is 0. The van der Waals surface area contributed by atoms with Crippen molar-refractivity contribution < 1.29 is 0 Å². The number of H-pyrrole nitrogens is 1. The van der Waals surface area contributed by atoms with E-state index < -0.39 is 0 Å². The van der Waals surface area contributed by atoms with Crippen LogP contribution in [0.2, 0.25) is 0 Å². The molecule has 1 aromatic carbocycles. The maximum Gasteiger partial charge on any atom is 0.0536 e. The van der Waals surface area contributed by atoms with Crippen LogP contribution in [0.25, 0.3) is 10.9 Å². The maximum absolute atomic E-state index is 4.07. The number of rotatable bonds is 2. The minimum atomic E-state index is 0.457. The molecule has 0 aliphatic carbocycles. The van der Waals surface area contributed by atoms with Crippen molar-refractivity contribution in [2.24, 2.45) is 0 Å². The first-order valence-electron chi connectivity index (χ1n) is 6.61. The lowest BCUT2D eigenvalue weighted by atomic mass is 9.94. The SMILES string of the molecule is C=C(C)CC1c2[nH]c3ccccc3c2CCN1C. The number of benzene rings is 1. The lowest BCUT2D eigenvalue weighted by Crippen LogP contribution is -2.32. The van der Waals surface area contributed by atoms with Crippen LogP contribution in [0.5, 0.6) is 0 Å². The number of likely N-dealkylation sites (N-methyl/N-ethyl adjacent to an activating group) is 1. The van der Waals surface area contributed by atoms with Crippen molar-refractivity contribution in [2.45, 2.75) is 25.8 Å². The Morgan fingerprint density at radius 3 is 3.00 bits per heavy atom. The van der Waals surface area contributed by atoms with E-state index in [4.69, 9.17) is 0 Å². The fraction of sp³-hybridized carbons (Fsp3) is 0.375. The minimum absolute atomic E-state index is 0.457. The molecule has 0 radical (unpaired) electrons. The maximum atomic E-state index is 4.07. The third-order valence-electron chi connectivity index (χ3n) is 3.97. The fourth-order valence-corrected chi connectivity index (χ4v) is 3.03. The molecule has 0 amide bonds. The standard InChI is InChI=1S/C16H20N2/c1-11(2)10-15-16-13(8-9-18(15)3)12-6-4-5-7-14(12)17-16/h4-7,15,17H,1,8-10H2,2-3H3. The Morgan fingerprint density at radius 1 is 1.44 bits per heavy atom. The summed E-state index contributed by atoms with van der Waals surface area (Å²) in [5, 5.41) is 1.40. The van der Waals surface area contributed by atoms with Gasteiger partial charge >= 0.3 is 0 Å². The molecule has 1 N–H and O–H groups in total. The summed E-state index contributed by atoms with van der Waals surface area (Å²) >= 11 is 0. The van der Waals surface area contributed by atoms with Gasteiger partial charge in [-0.2, -0.15) is 0 Å². The predicted molar refractivity (Wildman–Crippen MR) is 76.8 cm³/mol. The van der Waals surface area contributed by atoms with Gasteiger partial charge in [-0.1, -0.05) is 23.8 Å². The number of para-hydroxylation sites is 1. The Kier molecular flexibility index (Phi) is 2.75. The summed E-state index contributed by atoms with van der Waals surface area (Å²) in [6, 6.07) is 9.09. The molecule has 1 aliphatic rings. The Morgan fingerprint density at radius 2 is 2.22 bits per heavy atom. The topological polar surface area (TPSA) is 19.0 Å². The highest BCUT2D eigenvalue weighted by molar-refractivity contribution is 5.85. The lowest BCUT2D eigenvalue weighted by molar-refractivity contribution is 0.226. The highest BCUT2D eigenvalue weighted by Crippen LogP contribution is 2.36. The van der Waals surface area contributed by atoms with Crippen LogP contribution >= 0.6 is 0 Å². The zero-order valence-corrected chi connectivity index (χ0v) is 11.2. The molecule has 1 aromatic heterocycles. The molecule has 0 spiro atoms. The molecule has 2 heterocycles. The first-order chi connectivity index (χ1) is 8.66. The highest BCUT2D eigenvalue weighted by Gasteiger charge is 2.27. The van der Waals surface area contributed by atoms with E-state index in [1.54, 1.807) is 0 Å². The number of aromatic nitrogens is 1. The summed E-state index contributed by atoms with van der Waals surface area (Å²) in [5.41, 5.74) is 5.42. The van der Waals surface area contributed by atoms with Crippen LogP contribution in [-0.4, -0.2) is 23.5 Å². The molecule has 1 unspecified atom stereocenters. The normalized spacial score (nSPS) is 20.0. The molecule has 0 saturated heterocycles.